The fourth-order valence-electron chi connectivity index (χ4n) is 12.3. The van der Waals surface area contributed by atoms with Crippen LogP contribution >= 0.6 is 0 Å². The number of alkyl halides is 2. The topological polar surface area (TPSA) is 98.2 Å². The first-order valence-electron chi connectivity index (χ1n) is 19.4. The van der Waals surface area contributed by atoms with Gasteiger partial charge in [0.1, 0.15) is 23.1 Å². The third-order valence-corrected chi connectivity index (χ3v) is 14.7. The largest absolute Gasteiger partial charge is 0.435 e. The van der Waals surface area contributed by atoms with Crippen LogP contribution in [0.5, 0.6) is 5.75 Å². The SMILES string of the molecule is CC1C(/C(CC2O[C@@H]3O[C@]4(C)CC[C@H]5[C@H](C)CC[C@@H]([C@H]2C)[C@@]35O4)=N\ONc2ccc(OC(F)F)cc2)O[C@@H]2O[C@]3(C)CC[C@H]4[C@H](C)CC[C@@H]1[C@@]24O3. The summed E-state index contributed by atoms with van der Waals surface area (Å²) in [6, 6.07) is 6.12. The third kappa shape index (κ3) is 5.31. The van der Waals surface area contributed by atoms with Crippen molar-refractivity contribution in [3.63, 3.8) is 0 Å². The summed E-state index contributed by atoms with van der Waals surface area (Å²) >= 11 is 0. The van der Waals surface area contributed by atoms with Crippen LogP contribution in [0.1, 0.15) is 99.3 Å². The summed E-state index contributed by atoms with van der Waals surface area (Å²) < 4.78 is 71.3. The molecule has 6 heterocycles. The van der Waals surface area contributed by atoms with E-state index in [2.05, 4.69) is 51.8 Å². The van der Waals surface area contributed by atoms with E-state index in [4.69, 9.17) is 38.5 Å². The van der Waals surface area contributed by atoms with E-state index < -0.39 is 48.1 Å². The second kappa shape index (κ2) is 12.2. The van der Waals surface area contributed by atoms with Crippen molar-refractivity contribution < 1.29 is 46.9 Å². The van der Waals surface area contributed by atoms with Crippen molar-refractivity contribution in [2.75, 3.05) is 5.48 Å². The maximum atomic E-state index is 12.7. The van der Waals surface area contributed by atoms with Gasteiger partial charge < -0.3 is 33.2 Å². The smallest absolute Gasteiger partial charge is 0.387 e. The minimum absolute atomic E-state index is 0.0629. The number of benzene rings is 1. The Kier molecular flexibility index (Phi) is 8.30. The van der Waals surface area contributed by atoms with Gasteiger partial charge in [0.05, 0.1) is 17.5 Å². The quantitative estimate of drug-likeness (QED) is 0.212. The Morgan fingerprint density at radius 3 is 1.94 bits per heavy atom. The van der Waals surface area contributed by atoms with Gasteiger partial charge in [0, 0.05) is 19.3 Å². The van der Waals surface area contributed by atoms with Crippen LogP contribution in [-0.2, 0) is 33.4 Å². The second-order valence-electron chi connectivity index (χ2n) is 17.5. The van der Waals surface area contributed by atoms with Gasteiger partial charge in [-0.15, -0.1) is 0 Å². The molecule has 1 N–H and O–H groups in total. The molecule has 0 aromatic heterocycles. The van der Waals surface area contributed by atoms with E-state index in [1.54, 1.807) is 12.1 Å². The molecule has 8 aliphatic rings. The molecule has 8 fully saturated rings. The zero-order chi connectivity index (χ0) is 35.5. The zero-order valence-corrected chi connectivity index (χ0v) is 30.6. The monoisotopic (exact) mass is 716 g/mol. The Morgan fingerprint density at radius 2 is 1.35 bits per heavy atom. The Hall–Kier alpha value is -2.09. The number of halogens is 2. The lowest BCUT2D eigenvalue weighted by Gasteiger charge is -2.59. The van der Waals surface area contributed by atoms with Crippen molar-refractivity contribution >= 4 is 11.4 Å². The van der Waals surface area contributed by atoms with Crippen molar-refractivity contribution in [3.05, 3.63) is 24.3 Å². The van der Waals surface area contributed by atoms with Gasteiger partial charge in [-0.3, -0.25) is 4.94 Å². The molecule has 2 spiro atoms. The van der Waals surface area contributed by atoms with E-state index >= 15 is 0 Å². The Bertz CT molecular complexity index is 1520. The molecular formula is C39H54F2N2O8. The first kappa shape index (κ1) is 34.7. The van der Waals surface area contributed by atoms with E-state index in [0.717, 1.165) is 50.7 Å². The number of nitrogens with one attached hydrogen (secondary N) is 1. The summed E-state index contributed by atoms with van der Waals surface area (Å²) in [5.41, 5.74) is 3.23. The van der Waals surface area contributed by atoms with Gasteiger partial charge in [0.15, 0.2) is 24.2 Å². The summed E-state index contributed by atoms with van der Waals surface area (Å²) in [4.78, 5) is 5.87. The molecule has 1 aromatic rings. The molecule has 16 atom stereocenters. The van der Waals surface area contributed by atoms with Crippen molar-refractivity contribution in [1.29, 1.82) is 0 Å². The standard InChI is InChI=1S/C39H54F2N2O8/c1-20-7-13-28-22(3)31(45-33-38(28)26(20)15-17-36(5,47-33)49-38)19-30(43-51-42-24-9-11-25(12-10-24)44-35(40)41)32-23(4)29-14-8-21(2)27-16-18-37(6)48-34(46-32)39(27,29)50-37/h9-12,20-23,26-29,31-35,42H,7-8,13-19H2,1-6H3/b43-30-/t20-,21-,22-,23?,26+,27+,28+,29+,31?,32?,33-,34-,36+,37+,38-,39-/m1/s1. The molecule has 51 heavy (non-hydrogen) atoms. The lowest BCUT2D eigenvalue weighted by atomic mass is 9.55. The lowest BCUT2D eigenvalue weighted by molar-refractivity contribution is -0.288. The molecule has 3 unspecified atom stereocenters. The van der Waals surface area contributed by atoms with Crippen LogP contribution in [0.15, 0.2) is 29.4 Å². The summed E-state index contributed by atoms with van der Waals surface area (Å²) in [5, 5.41) is 4.76. The average Bonchev–Trinajstić information content (AvgIpc) is 3.44. The van der Waals surface area contributed by atoms with E-state index in [-0.39, 0.29) is 35.5 Å². The highest BCUT2D eigenvalue weighted by Gasteiger charge is 2.73. The highest BCUT2D eigenvalue weighted by molar-refractivity contribution is 5.89. The predicted molar refractivity (Wildman–Crippen MR) is 181 cm³/mol. The molecule has 9 rings (SSSR count). The van der Waals surface area contributed by atoms with Crippen LogP contribution in [0.3, 0.4) is 0 Å². The first-order valence-corrected chi connectivity index (χ1v) is 19.4. The van der Waals surface area contributed by atoms with E-state index in [0.29, 0.717) is 35.8 Å². The highest BCUT2D eigenvalue weighted by atomic mass is 19.3. The van der Waals surface area contributed by atoms with Gasteiger partial charge in [0.25, 0.3) is 0 Å². The third-order valence-electron chi connectivity index (χ3n) is 14.7. The molecule has 2 aliphatic carbocycles. The van der Waals surface area contributed by atoms with Crippen LogP contribution in [0.4, 0.5) is 14.5 Å². The van der Waals surface area contributed by atoms with Crippen LogP contribution < -0.4 is 10.2 Å². The van der Waals surface area contributed by atoms with Crippen molar-refractivity contribution in [2.45, 2.75) is 154 Å². The van der Waals surface area contributed by atoms with Crippen LogP contribution in [0, 0.1) is 47.3 Å². The Balaban J connectivity index is 1.02. The number of oxime groups is 1. The molecule has 0 amide bonds. The maximum Gasteiger partial charge on any atom is 0.387 e. The summed E-state index contributed by atoms with van der Waals surface area (Å²) in [6.07, 6.45) is 7.19. The fraction of sp³-hybridized carbons (Fsp3) is 0.821. The normalized spacial score (nSPS) is 51.1. The molecule has 6 saturated heterocycles. The zero-order valence-electron chi connectivity index (χ0n) is 30.6. The molecule has 4 bridgehead atoms. The predicted octanol–water partition coefficient (Wildman–Crippen LogP) is 8.02. The van der Waals surface area contributed by atoms with Crippen LogP contribution in [0.25, 0.3) is 0 Å². The van der Waals surface area contributed by atoms with E-state index in [1.807, 2.05) is 0 Å². The number of ether oxygens (including phenoxy) is 7. The van der Waals surface area contributed by atoms with E-state index in [1.165, 1.54) is 18.6 Å². The summed E-state index contributed by atoms with van der Waals surface area (Å²) in [5.74, 6) is 1.37. The minimum atomic E-state index is -2.89. The van der Waals surface area contributed by atoms with Crippen LogP contribution in [0.2, 0.25) is 0 Å². The first-order chi connectivity index (χ1) is 24.3. The Labute approximate surface area is 299 Å². The van der Waals surface area contributed by atoms with Gasteiger partial charge in [-0.25, -0.2) is 0 Å². The molecule has 2 saturated carbocycles. The molecule has 12 heteroatoms. The number of nitrogens with zero attached hydrogens (tertiary/aromatic N) is 1. The molecule has 6 aliphatic heterocycles. The van der Waals surface area contributed by atoms with Crippen molar-refractivity contribution in [2.24, 2.45) is 52.5 Å². The average molecular weight is 717 g/mol. The van der Waals surface area contributed by atoms with Gasteiger partial charge in [0.2, 0.25) is 0 Å². The van der Waals surface area contributed by atoms with Gasteiger partial charge in [-0.2, -0.15) is 14.3 Å². The van der Waals surface area contributed by atoms with Crippen LogP contribution in [-0.4, -0.2) is 59.9 Å². The molecule has 0 radical (unpaired) electrons. The van der Waals surface area contributed by atoms with E-state index in [9.17, 15) is 8.78 Å². The maximum absolute atomic E-state index is 12.7. The van der Waals surface area contributed by atoms with Gasteiger partial charge in [-0.05, 0) is 124 Å². The summed E-state index contributed by atoms with van der Waals surface area (Å²) in [7, 11) is 0. The number of hydrogen-bond acceptors (Lipinski definition) is 10. The Morgan fingerprint density at radius 1 is 0.784 bits per heavy atom. The molecule has 282 valence electrons. The van der Waals surface area contributed by atoms with Gasteiger partial charge >= 0.3 is 6.61 Å². The summed E-state index contributed by atoms with van der Waals surface area (Å²) in [6.45, 7) is 10.5. The molecular weight excluding hydrogens is 662 g/mol. The number of fused-ring (bicyclic) bond motifs is 2. The second-order valence-corrected chi connectivity index (χ2v) is 17.5. The number of hydrogen-bond donors (Lipinski definition) is 1. The molecule has 10 nitrogen and oxygen atoms in total. The highest BCUT2D eigenvalue weighted by Crippen LogP contribution is 2.65. The number of rotatable bonds is 8. The molecule has 1 aromatic carbocycles. The minimum Gasteiger partial charge on any atom is -0.435 e. The number of anilines is 1. The van der Waals surface area contributed by atoms with Gasteiger partial charge in [-0.1, -0.05) is 32.9 Å². The fourth-order valence-corrected chi connectivity index (χ4v) is 12.3. The van der Waals surface area contributed by atoms with Crippen molar-refractivity contribution in [3.8, 4) is 5.75 Å². The lowest BCUT2D eigenvalue weighted by Crippen LogP contribution is -2.67. The van der Waals surface area contributed by atoms with Crippen molar-refractivity contribution in [1.82, 2.24) is 0 Å².